The Bertz CT molecular complexity index is 615. The van der Waals surface area contributed by atoms with Crippen molar-refractivity contribution >= 4 is 5.91 Å². The summed E-state index contributed by atoms with van der Waals surface area (Å²) in [5, 5.41) is 7.68. The van der Waals surface area contributed by atoms with Crippen molar-refractivity contribution in [2.45, 2.75) is 45.6 Å². The minimum absolute atomic E-state index is 0.0384. The SMILES string of the molecule is CCN1CCCC1CN(CC1CCN(CCOC)CC1)C(=O)c1nonc1C. The maximum absolute atomic E-state index is 13.2. The lowest BCUT2D eigenvalue weighted by Crippen LogP contribution is -2.47. The number of ether oxygens (including phenoxy) is 1. The molecule has 0 spiro atoms. The van der Waals surface area contributed by atoms with Crippen molar-refractivity contribution in [3.63, 3.8) is 0 Å². The summed E-state index contributed by atoms with van der Waals surface area (Å²) in [5.41, 5.74) is 0.932. The van der Waals surface area contributed by atoms with E-state index in [1.165, 1.54) is 6.42 Å². The Kier molecular flexibility index (Phi) is 7.82. The van der Waals surface area contributed by atoms with Crippen molar-refractivity contribution < 1.29 is 14.2 Å². The van der Waals surface area contributed by atoms with Crippen molar-refractivity contribution in [2.75, 3.05) is 59.5 Å². The van der Waals surface area contributed by atoms with E-state index in [2.05, 4.69) is 27.0 Å². The van der Waals surface area contributed by atoms with Gasteiger partial charge in [-0.3, -0.25) is 9.69 Å². The smallest absolute Gasteiger partial charge is 0.278 e. The van der Waals surface area contributed by atoms with Crippen molar-refractivity contribution in [1.29, 1.82) is 0 Å². The summed E-state index contributed by atoms with van der Waals surface area (Å²) < 4.78 is 9.99. The second-order valence-electron chi connectivity index (χ2n) is 8.11. The fourth-order valence-electron chi connectivity index (χ4n) is 4.51. The predicted octanol–water partition coefficient (Wildman–Crippen LogP) is 1.66. The first kappa shape index (κ1) is 21.2. The number of carbonyl (C=O) groups excluding carboxylic acids is 1. The first-order valence-electron chi connectivity index (χ1n) is 10.7. The summed E-state index contributed by atoms with van der Waals surface area (Å²) in [6, 6.07) is 0.441. The Hall–Kier alpha value is -1.51. The van der Waals surface area contributed by atoms with Gasteiger partial charge in [0, 0.05) is 32.8 Å². The van der Waals surface area contributed by atoms with E-state index < -0.39 is 0 Å². The molecule has 2 aliphatic rings. The normalized spacial score (nSPS) is 22.0. The maximum atomic E-state index is 13.2. The number of amides is 1. The molecule has 28 heavy (non-hydrogen) atoms. The molecule has 1 amide bonds. The first-order valence-corrected chi connectivity index (χ1v) is 10.7. The average Bonchev–Trinajstić information content (AvgIpc) is 3.34. The molecule has 8 heteroatoms. The Labute approximate surface area is 168 Å². The van der Waals surface area contributed by atoms with Gasteiger partial charge in [-0.2, -0.15) is 0 Å². The predicted molar refractivity (Wildman–Crippen MR) is 106 cm³/mol. The molecule has 1 unspecified atom stereocenters. The number of likely N-dealkylation sites (N-methyl/N-ethyl adjacent to an activating group) is 1. The van der Waals surface area contributed by atoms with E-state index in [1.807, 2.05) is 4.90 Å². The van der Waals surface area contributed by atoms with E-state index in [1.54, 1.807) is 14.0 Å². The lowest BCUT2D eigenvalue weighted by atomic mass is 9.95. The molecule has 1 aromatic heterocycles. The Morgan fingerprint density at radius 2 is 2.00 bits per heavy atom. The summed E-state index contributed by atoms with van der Waals surface area (Å²) in [7, 11) is 1.75. The van der Waals surface area contributed by atoms with Gasteiger partial charge in [0.15, 0.2) is 5.69 Å². The van der Waals surface area contributed by atoms with Gasteiger partial charge >= 0.3 is 0 Å². The van der Waals surface area contributed by atoms with Gasteiger partial charge in [-0.15, -0.1) is 0 Å². The topological polar surface area (TPSA) is 74.9 Å². The fraction of sp³-hybridized carbons (Fsp3) is 0.850. The van der Waals surface area contributed by atoms with E-state index >= 15 is 0 Å². The van der Waals surface area contributed by atoms with E-state index in [9.17, 15) is 4.79 Å². The standard InChI is InChI=1S/C20H35N5O3/c1-4-24-9-5-6-18(24)15-25(20(26)19-16(2)21-28-22-19)14-17-7-10-23(11-8-17)12-13-27-3/h17-18H,4-15H2,1-3H3. The van der Waals surface area contributed by atoms with Crippen LogP contribution in [0.25, 0.3) is 0 Å². The van der Waals surface area contributed by atoms with E-state index in [-0.39, 0.29) is 5.91 Å². The van der Waals surface area contributed by atoms with Crippen LogP contribution in [-0.2, 0) is 4.74 Å². The third-order valence-electron chi connectivity index (χ3n) is 6.28. The van der Waals surface area contributed by atoms with Crippen LogP contribution in [-0.4, -0.2) is 96.5 Å². The monoisotopic (exact) mass is 393 g/mol. The van der Waals surface area contributed by atoms with Crippen LogP contribution < -0.4 is 0 Å². The molecule has 3 heterocycles. The van der Waals surface area contributed by atoms with Gasteiger partial charge in [0.1, 0.15) is 5.69 Å². The van der Waals surface area contributed by atoms with Gasteiger partial charge in [0.25, 0.3) is 5.91 Å². The van der Waals surface area contributed by atoms with Crippen molar-refractivity contribution in [1.82, 2.24) is 25.0 Å². The van der Waals surface area contributed by atoms with Gasteiger partial charge in [-0.05, 0) is 69.9 Å². The van der Waals surface area contributed by atoms with Crippen molar-refractivity contribution in [2.24, 2.45) is 5.92 Å². The highest BCUT2D eigenvalue weighted by Crippen LogP contribution is 2.23. The zero-order valence-electron chi connectivity index (χ0n) is 17.6. The number of aryl methyl sites for hydroxylation is 1. The van der Waals surface area contributed by atoms with Gasteiger partial charge in [-0.1, -0.05) is 12.1 Å². The molecule has 0 bridgehead atoms. The molecular formula is C20H35N5O3. The molecule has 3 rings (SSSR count). The van der Waals surface area contributed by atoms with E-state index in [4.69, 9.17) is 9.37 Å². The molecule has 0 aromatic carbocycles. The maximum Gasteiger partial charge on any atom is 0.278 e. The molecule has 158 valence electrons. The highest BCUT2D eigenvalue weighted by atomic mass is 16.6. The second-order valence-corrected chi connectivity index (χ2v) is 8.11. The van der Waals surface area contributed by atoms with Crippen LogP contribution in [0.2, 0.25) is 0 Å². The number of nitrogens with zero attached hydrogens (tertiary/aromatic N) is 5. The van der Waals surface area contributed by atoms with Crippen LogP contribution in [0.15, 0.2) is 4.63 Å². The highest BCUT2D eigenvalue weighted by Gasteiger charge is 2.31. The zero-order valence-corrected chi connectivity index (χ0v) is 17.6. The number of likely N-dealkylation sites (tertiary alicyclic amines) is 2. The Morgan fingerprint density at radius 1 is 1.21 bits per heavy atom. The highest BCUT2D eigenvalue weighted by molar-refractivity contribution is 5.93. The molecule has 8 nitrogen and oxygen atoms in total. The van der Waals surface area contributed by atoms with Crippen LogP contribution in [0.4, 0.5) is 0 Å². The molecule has 0 saturated carbocycles. The number of piperidine rings is 1. The van der Waals surface area contributed by atoms with Crippen LogP contribution in [0.3, 0.4) is 0 Å². The van der Waals surface area contributed by atoms with Gasteiger partial charge in [0.2, 0.25) is 0 Å². The third kappa shape index (κ3) is 5.30. The number of hydrogen-bond donors (Lipinski definition) is 0. The molecule has 1 aromatic rings. The lowest BCUT2D eigenvalue weighted by Gasteiger charge is -2.36. The minimum Gasteiger partial charge on any atom is -0.383 e. The largest absolute Gasteiger partial charge is 0.383 e. The number of hydrogen-bond acceptors (Lipinski definition) is 7. The number of carbonyl (C=O) groups is 1. The van der Waals surface area contributed by atoms with Crippen LogP contribution >= 0.6 is 0 Å². The van der Waals surface area contributed by atoms with E-state index in [0.29, 0.717) is 23.3 Å². The Balaban J connectivity index is 1.63. The van der Waals surface area contributed by atoms with Crippen molar-refractivity contribution in [3.05, 3.63) is 11.4 Å². The summed E-state index contributed by atoms with van der Waals surface area (Å²) in [4.78, 5) is 20.2. The summed E-state index contributed by atoms with van der Waals surface area (Å²) in [6.45, 7) is 11.6. The molecule has 1 atom stereocenters. The van der Waals surface area contributed by atoms with Crippen molar-refractivity contribution in [3.8, 4) is 0 Å². The van der Waals surface area contributed by atoms with Crippen LogP contribution in [0.5, 0.6) is 0 Å². The Morgan fingerprint density at radius 3 is 2.64 bits per heavy atom. The third-order valence-corrected chi connectivity index (χ3v) is 6.28. The average molecular weight is 394 g/mol. The molecule has 0 radical (unpaired) electrons. The molecule has 2 fully saturated rings. The molecule has 2 saturated heterocycles. The summed E-state index contributed by atoms with van der Waals surface area (Å²) >= 11 is 0. The van der Waals surface area contributed by atoms with Gasteiger partial charge in [-0.25, -0.2) is 4.63 Å². The van der Waals surface area contributed by atoms with Crippen LogP contribution in [0, 0.1) is 12.8 Å². The fourth-order valence-corrected chi connectivity index (χ4v) is 4.51. The van der Waals surface area contributed by atoms with Gasteiger partial charge in [0.05, 0.1) is 6.61 Å². The molecule has 2 aliphatic heterocycles. The molecule has 0 N–H and O–H groups in total. The lowest BCUT2D eigenvalue weighted by molar-refractivity contribution is 0.0606. The minimum atomic E-state index is -0.0384. The quantitative estimate of drug-likeness (QED) is 0.632. The first-order chi connectivity index (χ1) is 13.6. The zero-order chi connectivity index (χ0) is 19.9. The number of methoxy groups -OCH3 is 1. The summed E-state index contributed by atoms with van der Waals surface area (Å²) in [5.74, 6) is 0.489. The van der Waals surface area contributed by atoms with Crippen LogP contribution in [0.1, 0.15) is 48.8 Å². The number of aromatic nitrogens is 2. The molecule has 0 aliphatic carbocycles. The van der Waals surface area contributed by atoms with Gasteiger partial charge < -0.3 is 14.5 Å². The summed E-state index contributed by atoms with van der Waals surface area (Å²) in [6.07, 6.45) is 4.60. The molecular weight excluding hydrogens is 358 g/mol. The second kappa shape index (κ2) is 10.3. The number of rotatable bonds is 9. The van der Waals surface area contributed by atoms with E-state index in [0.717, 1.165) is 71.7 Å².